The highest BCUT2D eigenvalue weighted by Gasteiger charge is 2.39. The highest BCUT2D eigenvalue weighted by molar-refractivity contribution is 6.01. The Morgan fingerprint density at radius 1 is 0.241 bits per heavy atom. The largest absolute Gasteiger partial charge is 0.310 e. The smallest absolute Gasteiger partial charge is 0.0540 e. The summed E-state index contributed by atoms with van der Waals surface area (Å²) in [6.45, 7) is 14.3. The summed E-state index contributed by atoms with van der Waals surface area (Å²) in [7, 11) is 0. The molecule has 0 heterocycles. The third kappa shape index (κ3) is 8.22. The molecule has 3 aliphatic carbocycles. The van der Waals surface area contributed by atoms with Crippen LogP contribution in [0.25, 0.3) is 79.2 Å². The number of para-hydroxylation sites is 2. The summed E-state index contributed by atoms with van der Waals surface area (Å²) in [5.74, 6) is 0. The van der Waals surface area contributed by atoms with Gasteiger partial charge in [-0.3, -0.25) is 0 Å². The molecule has 83 heavy (non-hydrogen) atoms. The minimum Gasteiger partial charge on any atom is -0.310 e. The normalized spacial score (nSPS) is 14.6. The SMILES string of the molecule is CC1(C)c2cc(/C=C/c3ccc4c(c3)C(C)(C)c3cc(N(c5ccccc5)c5cccc6ccccc56)ccc3-4)ccc2-c2ccc(/C=C/c3ccc4c(c3)C(C)(C)c3cc(N(c5ccccc5)c5cccc6ccccc56)ccc3-4)cc21. The molecule has 0 bridgehead atoms. The minimum atomic E-state index is -0.190. The van der Waals surface area contributed by atoms with E-state index >= 15 is 0 Å². The Kier molecular flexibility index (Phi) is 11.6. The number of anilines is 6. The molecule has 0 N–H and O–H groups in total. The van der Waals surface area contributed by atoms with Gasteiger partial charge in [-0.1, -0.05) is 260 Å². The van der Waals surface area contributed by atoms with Crippen LogP contribution in [0.15, 0.2) is 255 Å². The van der Waals surface area contributed by atoms with E-state index in [2.05, 4.69) is 330 Å². The van der Waals surface area contributed by atoms with E-state index in [-0.39, 0.29) is 16.2 Å². The standard InChI is InChI=1S/C81H64N2/c1-79(2)71-47-53(31-33-55-37-43-67-69-45-39-61(51-75(69)80(3,4)73(67)49-55)82(59-23-9-7-10-24-59)77-29-17-21-57-19-13-15-27-63(57)77)35-41-65(71)66-42-36-54(48-72(66)79)32-34-56-38-44-68-70-46-40-62(52-76(70)81(5,6)74(68)50-56)83(60-25-11-8-12-26-60)78-30-18-22-58-20-14-16-28-64(58)78/h7-52H,1-6H3/b33-31+,34-32+. The van der Waals surface area contributed by atoms with E-state index in [0.29, 0.717) is 0 Å². The Morgan fingerprint density at radius 2 is 0.518 bits per heavy atom. The number of benzene rings is 12. The van der Waals surface area contributed by atoms with E-state index in [1.165, 1.54) is 122 Å². The van der Waals surface area contributed by atoms with Crippen molar-refractivity contribution in [2.24, 2.45) is 0 Å². The van der Waals surface area contributed by atoms with Gasteiger partial charge in [0.15, 0.2) is 0 Å². The van der Waals surface area contributed by atoms with Gasteiger partial charge < -0.3 is 9.80 Å². The van der Waals surface area contributed by atoms with E-state index in [9.17, 15) is 0 Å². The molecule has 0 amide bonds. The quantitative estimate of drug-likeness (QED) is 0.126. The lowest BCUT2D eigenvalue weighted by Crippen LogP contribution is -2.16. The Morgan fingerprint density at radius 3 is 0.855 bits per heavy atom. The summed E-state index contributed by atoms with van der Waals surface area (Å²) in [6.07, 6.45) is 9.19. The average molecular weight is 1070 g/mol. The molecule has 15 rings (SSSR count). The predicted octanol–water partition coefficient (Wildman–Crippen LogP) is 22.2. The van der Waals surface area contributed by atoms with Crippen molar-refractivity contribution in [3.63, 3.8) is 0 Å². The van der Waals surface area contributed by atoms with Gasteiger partial charge in [-0.25, -0.2) is 0 Å². The fourth-order valence-electron chi connectivity index (χ4n) is 14.2. The first-order chi connectivity index (χ1) is 40.4. The third-order valence-electron chi connectivity index (χ3n) is 18.6. The Bertz CT molecular complexity index is 4340. The van der Waals surface area contributed by atoms with Crippen molar-refractivity contribution in [1.29, 1.82) is 0 Å². The lowest BCUT2D eigenvalue weighted by Gasteiger charge is -2.29. The van der Waals surface area contributed by atoms with Gasteiger partial charge in [0.25, 0.3) is 0 Å². The first-order valence-corrected chi connectivity index (χ1v) is 29.3. The summed E-state index contributed by atoms with van der Waals surface area (Å²) in [4.78, 5) is 4.83. The zero-order valence-electron chi connectivity index (χ0n) is 48.0. The number of fused-ring (bicyclic) bond motifs is 11. The van der Waals surface area contributed by atoms with Crippen molar-refractivity contribution in [2.75, 3.05) is 9.80 Å². The van der Waals surface area contributed by atoms with Gasteiger partial charge in [-0.05, 0) is 160 Å². The highest BCUT2D eigenvalue weighted by atomic mass is 15.1. The number of hydrogen-bond donors (Lipinski definition) is 0. The molecule has 12 aromatic carbocycles. The molecule has 0 saturated heterocycles. The summed E-state index contributed by atoms with van der Waals surface area (Å²) in [5.41, 5.74) is 27.3. The lowest BCUT2D eigenvalue weighted by molar-refractivity contribution is 0.660. The molecule has 0 atom stereocenters. The van der Waals surface area contributed by atoms with Crippen LogP contribution in [0.4, 0.5) is 34.1 Å². The maximum absolute atomic E-state index is 2.43. The Balaban J connectivity index is 0.671. The van der Waals surface area contributed by atoms with Gasteiger partial charge in [0.1, 0.15) is 0 Å². The molecule has 0 unspecified atom stereocenters. The summed E-state index contributed by atoms with van der Waals surface area (Å²) in [6, 6.07) is 94.5. The van der Waals surface area contributed by atoms with E-state index in [4.69, 9.17) is 0 Å². The molecule has 3 aliphatic rings. The zero-order valence-corrected chi connectivity index (χ0v) is 48.0. The van der Waals surface area contributed by atoms with Gasteiger partial charge in [0.05, 0.1) is 11.4 Å². The average Bonchev–Trinajstić information content (AvgIpc) is 4.07. The van der Waals surface area contributed by atoms with Crippen molar-refractivity contribution < 1.29 is 0 Å². The Hall–Kier alpha value is -9.76. The first kappa shape index (κ1) is 50.2. The van der Waals surface area contributed by atoms with Crippen molar-refractivity contribution >= 4 is 80.0 Å². The van der Waals surface area contributed by atoms with Crippen LogP contribution < -0.4 is 9.80 Å². The highest BCUT2D eigenvalue weighted by Crippen LogP contribution is 2.54. The van der Waals surface area contributed by atoms with Crippen LogP contribution in [-0.4, -0.2) is 0 Å². The molecule has 0 aromatic heterocycles. The molecule has 12 aromatic rings. The molecule has 2 nitrogen and oxygen atoms in total. The van der Waals surface area contributed by atoms with Crippen molar-refractivity contribution in [1.82, 2.24) is 0 Å². The molecule has 2 heteroatoms. The van der Waals surface area contributed by atoms with E-state index in [0.717, 1.165) is 22.7 Å². The summed E-state index contributed by atoms with van der Waals surface area (Å²) >= 11 is 0. The van der Waals surface area contributed by atoms with Crippen molar-refractivity contribution in [2.45, 2.75) is 57.8 Å². The van der Waals surface area contributed by atoms with E-state index < -0.39 is 0 Å². The third-order valence-corrected chi connectivity index (χ3v) is 18.6. The maximum Gasteiger partial charge on any atom is 0.0540 e. The van der Waals surface area contributed by atoms with E-state index in [1.807, 2.05) is 0 Å². The molecule has 0 aliphatic heterocycles. The summed E-state index contributed by atoms with van der Waals surface area (Å²) in [5, 5.41) is 4.93. The number of hydrogen-bond acceptors (Lipinski definition) is 2. The lowest BCUT2D eigenvalue weighted by atomic mass is 9.81. The second-order valence-electron chi connectivity index (χ2n) is 24.6. The maximum atomic E-state index is 2.43. The number of rotatable bonds is 10. The van der Waals surface area contributed by atoms with Gasteiger partial charge >= 0.3 is 0 Å². The van der Waals surface area contributed by atoms with Crippen LogP contribution in [0.1, 0.15) is 97.2 Å². The molecule has 398 valence electrons. The molecular weight excluding hydrogens is 1000 g/mol. The first-order valence-electron chi connectivity index (χ1n) is 29.3. The summed E-state index contributed by atoms with van der Waals surface area (Å²) < 4.78 is 0. The number of nitrogens with zero attached hydrogens (tertiary/aromatic N) is 2. The zero-order chi connectivity index (χ0) is 56.2. The topological polar surface area (TPSA) is 6.48 Å². The second-order valence-corrected chi connectivity index (χ2v) is 24.6. The van der Waals surface area contributed by atoms with Crippen molar-refractivity contribution in [3.8, 4) is 33.4 Å². The molecule has 0 saturated carbocycles. The monoisotopic (exact) mass is 1060 g/mol. The van der Waals surface area contributed by atoms with Crippen LogP contribution in [0.2, 0.25) is 0 Å². The van der Waals surface area contributed by atoms with Gasteiger partial charge in [-0.2, -0.15) is 0 Å². The van der Waals surface area contributed by atoms with Crippen LogP contribution >= 0.6 is 0 Å². The molecule has 0 spiro atoms. The van der Waals surface area contributed by atoms with E-state index in [1.54, 1.807) is 0 Å². The Labute approximate surface area is 488 Å². The fourth-order valence-corrected chi connectivity index (χ4v) is 14.2. The van der Waals surface area contributed by atoms with Gasteiger partial charge in [-0.15, -0.1) is 0 Å². The second kappa shape index (κ2) is 19.2. The van der Waals surface area contributed by atoms with Gasteiger partial charge in [0, 0.05) is 49.8 Å². The van der Waals surface area contributed by atoms with Crippen LogP contribution in [0.5, 0.6) is 0 Å². The predicted molar refractivity (Wildman–Crippen MR) is 354 cm³/mol. The van der Waals surface area contributed by atoms with Crippen molar-refractivity contribution in [3.05, 3.63) is 310 Å². The van der Waals surface area contributed by atoms with Gasteiger partial charge in [0.2, 0.25) is 0 Å². The van der Waals surface area contributed by atoms with Crippen LogP contribution in [0, 0.1) is 0 Å². The molecule has 0 fully saturated rings. The molecular formula is C81H64N2. The molecule has 0 radical (unpaired) electrons. The van der Waals surface area contributed by atoms with Crippen LogP contribution in [0.3, 0.4) is 0 Å². The minimum absolute atomic E-state index is 0.157. The van der Waals surface area contributed by atoms with Crippen LogP contribution in [-0.2, 0) is 16.2 Å². The fraction of sp³-hybridized carbons (Fsp3) is 0.111.